The lowest BCUT2D eigenvalue weighted by Crippen LogP contribution is -2.45. The highest BCUT2D eigenvalue weighted by Gasteiger charge is 2.15. The molecule has 1 aromatic carbocycles. The van der Waals surface area contributed by atoms with Gasteiger partial charge in [0.2, 0.25) is 12.3 Å². The standard InChI is InChI=1S/C16H23N3O2/c1-2-3-4-16(21)17-14-5-7-15(8-6-14)19-11-9-18(13-20)10-12-19/h5-8,13H,2-4,9-12H2,1H3,(H,17,21). The summed E-state index contributed by atoms with van der Waals surface area (Å²) < 4.78 is 0. The summed E-state index contributed by atoms with van der Waals surface area (Å²) >= 11 is 0. The van der Waals surface area contributed by atoms with Crippen molar-refractivity contribution in [3.8, 4) is 0 Å². The van der Waals surface area contributed by atoms with Crippen LogP contribution in [0.1, 0.15) is 26.2 Å². The first-order valence-electron chi connectivity index (χ1n) is 7.57. The number of amides is 2. The lowest BCUT2D eigenvalue weighted by molar-refractivity contribution is -0.118. The van der Waals surface area contributed by atoms with Gasteiger partial charge in [-0.3, -0.25) is 9.59 Å². The summed E-state index contributed by atoms with van der Waals surface area (Å²) in [5.74, 6) is 0.0733. The number of hydrogen-bond acceptors (Lipinski definition) is 3. The van der Waals surface area contributed by atoms with Gasteiger partial charge in [-0.2, -0.15) is 0 Å². The number of nitrogens with one attached hydrogen (secondary N) is 1. The maximum absolute atomic E-state index is 11.7. The van der Waals surface area contributed by atoms with Gasteiger partial charge in [0.05, 0.1) is 0 Å². The molecular formula is C16H23N3O2. The van der Waals surface area contributed by atoms with E-state index >= 15 is 0 Å². The molecule has 0 unspecified atom stereocenters. The molecule has 1 aliphatic heterocycles. The second-order valence-corrected chi connectivity index (χ2v) is 5.33. The summed E-state index contributed by atoms with van der Waals surface area (Å²) in [5.41, 5.74) is 1.97. The molecule has 0 atom stereocenters. The van der Waals surface area contributed by atoms with Crippen molar-refractivity contribution < 1.29 is 9.59 Å². The predicted octanol–water partition coefficient (Wildman–Crippen LogP) is 2.09. The zero-order valence-corrected chi connectivity index (χ0v) is 12.5. The maximum atomic E-state index is 11.7. The normalized spacial score (nSPS) is 14.9. The SMILES string of the molecule is CCCCC(=O)Nc1ccc(N2CCN(C=O)CC2)cc1. The summed E-state index contributed by atoms with van der Waals surface area (Å²) in [5, 5.41) is 2.91. The highest BCUT2D eigenvalue weighted by Crippen LogP contribution is 2.19. The van der Waals surface area contributed by atoms with Crippen molar-refractivity contribution in [2.45, 2.75) is 26.2 Å². The summed E-state index contributed by atoms with van der Waals surface area (Å²) in [6.07, 6.45) is 3.43. The van der Waals surface area contributed by atoms with Crippen LogP contribution in [-0.2, 0) is 9.59 Å². The lowest BCUT2D eigenvalue weighted by Gasteiger charge is -2.34. The molecule has 0 spiro atoms. The molecule has 2 rings (SSSR count). The minimum absolute atomic E-state index is 0.0733. The largest absolute Gasteiger partial charge is 0.368 e. The topological polar surface area (TPSA) is 52.7 Å². The molecule has 1 aromatic rings. The number of carbonyl (C=O) groups is 2. The zero-order chi connectivity index (χ0) is 15.1. The van der Waals surface area contributed by atoms with Crippen LogP contribution in [0, 0.1) is 0 Å². The van der Waals surface area contributed by atoms with E-state index in [0.29, 0.717) is 6.42 Å². The lowest BCUT2D eigenvalue weighted by atomic mass is 10.2. The first-order valence-corrected chi connectivity index (χ1v) is 7.57. The first kappa shape index (κ1) is 15.4. The minimum Gasteiger partial charge on any atom is -0.368 e. The molecule has 1 N–H and O–H groups in total. The Kier molecular flexibility index (Phi) is 5.60. The van der Waals surface area contributed by atoms with Gasteiger partial charge < -0.3 is 15.1 Å². The van der Waals surface area contributed by atoms with E-state index in [2.05, 4.69) is 17.1 Å². The maximum Gasteiger partial charge on any atom is 0.224 e. The Morgan fingerprint density at radius 2 is 1.86 bits per heavy atom. The van der Waals surface area contributed by atoms with Crippen LogP contribution in [0.5, 0.6) is 0 Å². The van der Waals surface area contributed by atoms with Crippen LogP contribution in [0.4, 0.5) is 11.4 Å². The molecule has 1 aliphatic rings. The van der Waals surface area contributed by atoms with E-state index in [9.17, 15) is 9.59 Å². The van der Waals surface area contributed by atoms with E-state index in [4.69, 9.17) is 0 Å². The third-order valence-corrected chi connectivity index (χ3v) is 3.74. The van der Waals surface area contributed by atoms with Crippen LogP contribution in [0.25, 0.3) is 0 Å². The molecule has 0 radical (unpaired) electrons. The molecule has 5 heteroatoms. The summed E-state index contributed by atoms with van der Waals surface area (Å²) in [4.78, 5) is 26.4. The number of benzene rings is 1. The van der Waals surface area contributed by atoms with E-state index in [1.165, 1.54) is 0 Å². The molecule has 1 fully saturated rings. The second kappa shape index (κ2) is 7.67. The quantitative estimate of drug-likeness (QED) is 0.816. The van der Waals surface area contributed by atoms with Gasteiger partial charge in [0.25, 0.3) is 0 Å². The smallest absolute Gasteiger partial charge is 0.224 e. The predicted molar refractivity (Wildman–Crippen MR) is 84.4 cm³/mol. The van der Waals surface area contributed by atoms with E-state index in [-0.39, 0.29) is 5.91 Å². The molecule has 114 valence electrons. The van der Waals surface area contributed by atoms with E-state index in [1.54, 1.807) is 4.90 Å². The zero-order valence-electron chi connectivity index (χ0n) is 12.5. The summed E-state index contributed by atoms with van der Waals surface area (Å²) in [7, 11) is 0. The summed E-state index contributed by atoms with van der Waals surface area (Å²) in [6.45, 7) is 5.30. The molecule has 0 aromatic heterocycles. The third-order valence-electron chi connectivity index (χ3n) is 3.74. The number of anilines is 2. The number of nitrogens with zero attached hydrogens (tertiary/aromatic N) is 2. The van der Waals surface area contributed by atoms with Gasteiger partial charge in [-0.1, -0.05) is 13.3 Å². The van der Waals surface area contributed by atoms with Crippen LogP contribution >= 0.6 is 0 Å². The first-order chi connectivity index (χ1) is 10.2. The van der Waals surface area contributed by atoms with Gasteiger partial charge in [0, 0.05) is 44.0 Å². The van der Waals surface area contributed by atoms with Gasteiger partial charge in [-0.25, -0.2) is 0 Å². The Morgan fingerprint density at radius 1 is 1.19 bits per heavy atom. The van der Waals surface area contributed by atoms with Gasteiger partial charge >= 0.3 is 0 Å². The highest BCUT2D eigenvalue weighted by molar-refractivity contribution is 5.90. The average molecular weight is 289 g/mol. The second-order valence-electron chi connectivity index (χ2n) is 5.33. The van der Waals surface area contributed by atoms with Gasteiger partial charge in [0.15, 0.2) is 0 Å². The fraction of sp³-hybridized carbons (Fsp3) is 0.500. The van der Waals surface area contributed by atoms with Crippen molar-refractivity contribution in [2.75, 3.05) is 36.4 Å². The Hall–Kier alpha value is -2.04. The van der Waals surface area contributed by atoms with Crippen molar-refractivity contribution in [2.24, 2.45) is 0 Å². The molecule has 21 heavy (non-hydrogen) atoms. The van der Waals surface area contributed by atoms with Gasteiger partial charge in [-0.15, -0.1) is 0 Å². The average Bonchev–Trinajstić information content (AvgIpc) is 2.54. The van der Waals surface area contributed by atoms with Crippen molar-refractivity contribution in [1.82, 2.24) is 4.90 Å². The molecule has 2 amide bonds. The van der Waals surface area contributed by atoms with Crippen molar-refractivity contribution >= 4 is 23.7 Å². The number of rotatable bonds is 6. The van der Waals surface area contributed by atoms with Crippen molar-refractivity contribution in [1.29, 1.82) is 0 Å². The van der Waals surface area contributed by atoms with Crippen LogP contribution in [0.2, 0.25) is 0 Å². The van der Waals surface area contributed by atoms with Gasteiger partial charge in [-0.05, 0) is 30.7 Å². The molecule has 0 aliphatic carbocycles. The Bertz CT molecular complexity index is 465. The van der Waals surface area contributed by atoms with Gasteiger partial charge in [0.1, 0.15) is 0 Å². The van der Waals surface area contributed by atoms with E-state index in [0.717, 1.165) is 56.8 Å². The number of unbranched alkanes of at least 4 members (excludes halogenated alkanes) is 1. The number of piperazine rings is 1. The number of hydrogen-bond donors (Lipinski definition) is 1. The third kappa shape index (κ3) is 4.48. The van der Waals surface area contributed by atoms with Crippen molar-refractivity contribution in [3.63, 3.8) is 0 Å². The molecule has 1 heterocycles. The van der Waals surface area contributed by atoms with E-state index in [1.807, 2.05) is 24.3 Å². The Morgan fingerprint density at radius 3 is 2.43 bits per heavy atom. The molecule has 1 saturated heterocycles. The molecule has 0 saturated carbocycles. The Labute approximate surface area is 125 Å². The molecule has 5 nitrogen and oxygen atoms in total. The monoisotopic (exact) mass is 289 g/mol. The van der Waals surface area contributed by atoms with Crippen LogP contribution in [-0.4, -0.2) is 43.4 Å². The number of carbonyl (C=O) groups excluding carboxylic acids is 2. The van der Waals surface area contributed by atoms with Crippen LogP contribution in [0.15, 0.2) is 24.3 Å². The molecular weight excluding hydrogens is 266 g/mol. The molecule has 0 bridgehead atoms. The van der Waals surface area contributed by atoms with Crippen LogP contribution in [0.3, 0.4) is 0 Å². The fourth-order valence-electron chi connectivity index (χ4n) is 2.40. The fourth-order valence-corrected chi connectivity index (χ4v) is 2.40. The van der Waals surface area contributed by atoms with Crippen LogP contribution < -0.4 is 10.2 Å². The summed E-state index contributed by atoms with van der Waals surface area (Å²) in [6, 6.07) is 7.91. The Balaban J connectivity index is 1.87. The van der Waals surface area contributed by atoms with Crippen molar-refractivity contribution in [3.05, 3.63) is 24.3 Å². The van der Waals surface area contributed by atoms with E-state index < -0.39 is 0 Å². The highest BCUT2D eigenvalue weighted by atomic mass is 16.1. The minimum atomic E-state index is 0.0733.